The Hall–Kier alpha value is -1.98. The van der Waals surface area contributed by atoms with Gasteiger partial charge in [-0.15, -0.1) is 0 Å². The molecule has 1 heterocycles. The van der Waals surface area contributed by atoms with Gasteiger partial charge in [0.05, 0.1) is 10.0 Å². The first-order chi connectivity index (χ1) is 12.5. The van der Waals surface area contributed by atoms with Crippen LogP contribution in [-0.2, 0) is 0 Å². The SMILES string of the molecule is Cc1ccc(OC2CCC(NC(=O)Nc3ccc(Cl)c(Cl)c3)CC2)nc1. The van der Waals surface area contributed by atoms with Gasteiger partial charge in [0.25, 0.3) is 0 Å². The largest absolute Gasteiger partial charge is 0.474 e. The van der Waals surface area contributed by atoms with Gasteiger partial charge in [0.2, 0.25) is 5.88 Å². The molecule has 5 nitrogen and oxygen atoms in total. The van der Waals surface area contributed by atoms with Gasteiger partial charge in [-0.1, -0.05) is 29.3 Å². The average molecular weight is 394 g/mol. The third-order valence-electron chi connectivity index (χ3n) is 4.36. The first kappa shape index (κ1) is 18.8. The lowest BCUT2D eigenvalue weighted by Gasteiger charge is -2.29. The monoisotopic (exact) mass is 393 g/mol. The molecule has 1 aromatic carbocycles. The smallest absolute Gasteiger partial charge is 0.319 e. The summed E-state index contributed by atoms with van der Waals surface area (Å²) in [5, 5.41) is 6.64. The molecule has 0 atom stereocenters. The molecule has 1 aliphatic carbocycles. The minimum absolute atomic E-state index is 0.128. The zero-order valence-electron chi connectivity index (χ0n) is 14.5. The molecule has 0 spiro atoms. The highest BCUT2D eigenvalue weighted by molar-refractivity contribution is 6.42. The molecule has 3 rings (SSSR count). The van der Waals surface area contributed by atoms with Gasteiger partial charge in [-0.05, 0) is 56.4 Å². The number of benzene rings is 1. The van der Waals surface area contributed by atoms with Crippen LogP contribution in [0.15, 0.2) is 36.5 Å². The quantitative estimate of drug-likeness (QED) is 0.749. The molecule has 7 heteroatoms. The van der Waals surface area contributed by atoms with E-state index >= 15 is 0 Å². The summed E-state index contributed by atoms with van der Waals surface area (Å²) in [6.45, 7) is 2.00. The van der Waals surface area contributed by atoms with E-state index in [4.69, 9.17) is 27.9 Å². The van der Waals surface area contributed by atoms with Crippen molar-refractivity contribution in [2.24, 2.45) is 0 Å². The van der Waals surface area contributed by atoms with Gasteiger partial charge in [-0.3, -0.25) is 0 Å². The van der Waals surface area contributed by atoms with Crippen molar-refractivity contribution in [2.45, 2.75) is 44.8 Å². The summed E-state index contributed by atoms with van der Waals surface area (Å²) in [6, 6.07) is 8.76. The van der Waals surface area contributed by atoms with Crippen LogP contribution in [0.3, 0.4) is 0 Å². The predicted molar refractivity (Wildman–Crippen MR) is 104 cm³/mol. The number of nitrogens with zero attached hydrogens (tertiary/aromatic N) is 1. The van der Waals surface area contributed by atoms with Crippen LogP contribution in [0.4, 0.5) is 10.5 Å². The van der Waals surface area contributed by atoms with Crippen molar-refractivity contribution in [2.75, 3.05) is 5.32 Å². The van der Waals surface area contributed by atoms with Crippen molar-refractivity contribution in [1.29, 1.82) is 0 Å². The van der Waals surface area contributed by atoms with Gasteiger partial charge in [0, 0.05) is 24.0 Å². The third-order valence-corrected chi connectivity index (χ3v) is 5.10. The van der Waals surface area contributed by atoms with E-state index in [1.165, 1.54) is 0 Å². The summed E-state index contributed by atoms with van der Waals surface area (Å²) in [6.07, 6.45) is 5.44. The average Bonchev–Trinajstić information content (AvgIpc) is 2.62. The molecule has 0 saturated heterocycles. The van der Waals surface area contributed by atoms with E-state index in [0.717, 1.165) is 31.2 Å². The van der Waals surface area contributed by atoms with Crippen molar-refractivity contribution in [1.82, 2.24) is 10.3 Å². The Kier molecular flexibility index (Phi) is 6.22. The minimum Gasteiger partial charge on any atom is -0.474 e. The van der Waals surface area contributed by atoms with Gasteiger partial charge < -0.3 is 15.4 Å². The second-order valence-corrected chi connectivity index (χ2v) is 7.31. The lowest BCUT2D eigenvalue weighted by Crippen LogP contribution is -2.41. The molecule has 138 valence electrons. The number of anilines is 1. The number of aryl methyl sites for hydroxylation is 1. The minimum atomic E-state index is -0.243. The number of carbonyl (C=O) groups is 1. The van der Waals surface area contributed by atoms with Crippen molar-refractivity contribution < 1.29 is 9.53 Å². The van der Waals surface area contributed by atoms with Crippen LogP contribution < -0.4 is 15.4 Å². The predicted octanol–water partition coefficient (Wildman–Crippen LogP) is 5.21. The number of amides is 2. The van der Waals surface area contributed by atoms with E-state index < -0.39 is 0 Å². The van der Waals surface area contributed by atoms with Crippen LogP contribution in [0.2, 0.25) is 10.0 Å². The molecule has 1 aromatic heterocycles. The van der Waals surface area contributed by atoms with Crippen molar-refractivity contribution in [3.63, 3.8) is 0 Å². The molecule has 2 aromatic rings. The van der Waals surface area contributed by atoms with Crippen molar-refractivity contribution in [3.05, 3.63) is 52.1 Å². The number of rotatable bonds is 4. The summed E-state index contributed by atoms with van der Waals surface area (Å²) < 4.78 is 5.92. The van der Waals surface area contributed by atoms with Gasteiger partial charge in [0.15, 0.2) is 0 Å². The fourth-order valence-electron chi connectivity index (χ4n) is 2.95. The number of pyridine rings is 1. The Morgan fingerprint density at radius 3 is 2.54 bits per heavy atom. The summed E-state index contributed by atoms with van der Waals surface area (Å²) in [5.74, 6) is 0.657. The number of hydrogen-bond acceptors (Lipinski definition) is 3. The number of halogens is 2. The highest BCUT2D eigenvalue weighted by Crippen LogP contribution is 2.26. The maximum absolute atomic E-state index is 12.1. The maximum Gasteiger partial charge on any atom is 0.319 e. The van der Waals surface area contributed by atoms with E-state index in [0.29, 0.717) is 21.6 Å². The number of urea groups is 1. The molecule has 0 aliphatic heterocycles. The molecule has 2 amide bonds. The maximum atomic E-state index is 12.1. The van der Waals surface area contributed by atoms with Crippen LogP contribution in [0, 0.1) is 6.92 Å². The molecule has 1 aliphatic rings. The number of ether oxygens (including phenoxy) is 1. The number of carbonyl (C=O) groups excluding carboxylic acids is 1. The van der Waals surface area contributed by atoms with Crippen LogP contribution in [0.1, 0.15) is 31.2 Å². The first-order valence-corrected chi connectivity index (χ1v) is 9.37. The Morgan fingerprint density at radius 2 is 1.88 bits per heavy atom. The third kappa shape index (κ3) is 5.26. The Bertz CT molecular complexity index is 760. The fourth-order valence-corrected chi connectivity index (χ4v) is 3.24. The Labute approximate surface area is 163 Å². The molecule has 1 saturated carbocycles. The number of aromatic nitrogens is 1. The van der Waals surface area contributed by atoms with Gasteiger partial charge in [-0.25, -0.2) is 9.78 Å². The first-order valence-electron chi connectivity index (χ1n) is 8.61. The second kappa shape index (κ2) is 8.60. The standard InChI is InChI=1S/C19H21Cl2N3O2/c1-12-2-9-18(22-11-12)26-15-6-3-13(4-7-15)23-19(25)24-14-5-8-16(20)17(21)10-14/h2,5,8-11,13,15H,3-4,6-7H2,1H3,(H2,23,24,25). The summed E-state index contributed by atoms with van der Waals surface area (Å²) in [7, 11) is 0. The van der Waals surface area contributed by atoms with Gasteiger partial charge in [-0.2, -0.15) is 0 Å². The van der Waals surface area contributed by atoms with Gasteiger partial charge >= 0.3 is 6.03 Å². The number of hydrogen-bond donors (Lipinski definition) is 2. The molecule has 0 unspecified atom stereocenters. The molecular formula is C19H21Cl2N3O2. The van der Waals surface area contributed by atoms with Crippen molar-refractivity contribution in [3.8, 4) is 5.88 Å². The summed E-state index contributed by atoms with van der Waals surface area (Å²) in [4.78, 5) is 16.4. The topological polar surface area (TPSA) is 63.2 Å². The highest BCUT2D eigenvalue weighted by atomic mass is 35.5. The van der Waals surface area contributed by atoms with Crippen LogP contribution in [0.25, 0.3) is 0 Å². The molecule has 0 radical (unpaired) electrons. The molecular weight excluding hydrogens is 373 g/mol. The lowest BCUT2D eigenvalue weighted by atomic mass is 9.93. The zero-order valence-corrected chi connectivity index (χ0v) is 16.0. The van der Waals surface area contributed by atoms with Crippen molar-refractivity contribution >= 4 is 34.9 Å². The fraction of sp³-hybridized carbons (Fsp3) is 0.368. The van der Waals surface area contributed by atoms with Crippen LogP contribution in [0.5, 0.6) is 5.88 Å². The Balaban J connectivity index is 1.43. The normalized spacial score (nSPS) is 19.7. The molecule has 0 bridgehead atoms. The van der Waals surface area contributed by atoms with E-state index in [2.05, 4.69) is 15.6 Å². The van der Waals surface area contributed by atoms with E-state index in [9.17, 15) is 4.79 Å². The van der Waals surface area contributed by atoms with Gasteiger partial charge in [0.1, 0.15) is 6.10 Å². The molecule has 1 fully saturated rings. The van der Waals surface area contributed by atoms with E-state index in [1.54, 1.807) is 24.4 Å². The summed E-state index contributed by atoms with van der Waals surface area (Å²) in [5.41, 5.74) is 1.72. The van der Waals surface area contributed by atoms with E-state index in [1.807, 2.05) is 19.1 Å². The van der Waals surface area contributed by atoms with Crippen LogP contribution >= 0.6 is 23.2 Å². The molecule has 26 heavy (non-hydrogen) atoms. The zero-order chi connectivity index (χ0) is 18.5. The lowest BCUT2D eigenvalue weighted by molar-refractivity contribution is 0.135. The van der Waals surface area contributed by atoms with Crippen LogP contribution in [-0.4, -0.2) is 23.2 Å². The second-order valence-electron chi connectivity index (χ2n) is 6.49. The molecule has 2 N–H and O–H groups in total. The number of nitrogens with one attached hydrogen (secondary N) is 2. The summed E-state index contributed by atoms with van der Waals surface area (Å²) >= 11 is 11.8. The highest BCUT2D eigenvalue weighted by Gasteiger charge is 2.24. The van der Waals surface area contributed by atoms with E-state index in [-0.39, 0.29) is 18.2 Å². The Morgan fingerprint density at radius 1 is 1.12 bits per heavy atom.